The van der Waals surface area contributed by atoms with Crippen LogP contribution in [0.4, 0.5) is 13.2 Å². The van der Waals surface area contributed by atoms with Crippen molar-refractivity contribution in [2.24, 2.45) is 11.8 Å². The molecule has 1 aromatic carbocycles. The third-order valence-corrected chi connectivity index (χ3v) is 7.06. The number of ether oxygens (including phenoxy) is 1. The molecule has 7 heteroatoms. The lowest BCUT2D eigenvalue weighted by Crippen LogP contribution is -2.43. The fourth-order valence-electron chi connectivity index (χ4n) is 5.56. The van der Waals surface area contributed by atoms with E-state index >= 15 is 0 Å². The van der Waals surface area contributed by atoms with Gasteiger partial charge in [-0.05, 0) is 56.7 Å². The minimum absolute atomic E-state index is 0.177. The summed E-state index contributed by atoms with van der Waals surface area (Å²) in [6, 6.07) is 8.36. The number of alkyl halides is 3. The second-order valence-corrected chi connectivity index (χ2v) is 9.20. The van der Waals surface area contributed by atoms with Gasteiger partial charge in [0.1, 0.15) is 0 Å². The summed E-state index contributed by atoms with van der Waals surface area (Å²) in [6.07, 6.45) is -1.93. The molecular weight excluding hydrogens is 391 g/mol. The topological polar surface area (TPSA) is 30.3 Å². The summed E-state index contributed by atoms with van der Waals surface area (Å²) in [5.74, 6) is 1.82. The van der Waals surface area contributed by atoms with Crippen molar-refractivity contribution < 1.29 is 17.9 Å². The molecule has 2 aromatic rings. The first-order chi connectivity index (χ1) is 14.3. The van der Waals surface area contributed by atoms with Crippen LogP contribution in [0.25, 0.3) is 11.3 Å². The quantitative estimate of drug-likeness (QED) is 0.701. The predicted molar refractivity (Wildman–Crippen MR) is 108 cm³/mol. The zero-order chi connectivity index (χ0) is 21.0. The number of rotatable bonds is 4. The second-order valence-electron chi connectivity index (χ2n) is 9.20. The number of aromatic nitrogens is 2. The number of hydrogen-bond acceptors (Lipinski definition) is 3. The molecule has 2 saturated carbocycles. The molecule has 0 amide bonds. The van der Waals surface area contributed by atoms with Crippen LogP contribution in [-0.2, 0) is 10.9 Å². The molecule has 1 aromatic heterocycles. The smallest absolute Gasteiger partial charge is 0.379 e. The summed E-state index contributed by atoms with van der Waals surface area (Å²) in [5, 5.41) is 4.72. The average molecular weight is 419 g/mol. The number of morpholine rings is 1. The monoisotopic (exact) mass is 419 g/mol. The number of nitrogens with zero attached hydrogens (tertiary/aromatic N) is 3. The van der Waals surface area contributed by atoms with Crippen molar-refractivity contribution in [1.29, 1.82) is 0 Å². The van der Waals surface area contributed by atoms with E-state index in [2.05, 4.69) is 18.7 Å². The van der Waals surface area contributed by atoms with Crippen molar-refractivity contribution in [3.05, 3.63) is 41.6 Å². The van der Waals surface area contributed by atoms with E-state index in [1.54, 1.807) is 6.07 Å². The van der Waals surface area contributed by atoms with E-state index in [1.807, 2.05) is 10.7 Å². The Bertz CT molecular complexity index is 905. The fraction of sp³-hybridized carbons (Fsp3) is 0.609. The summed E-state index contributed by atoms with van der Waals surface area (Å²) in [4.78, 5) is 2.57. The largest absolute Gasteiger partial charge is 0.416 e. The molecule has 0 spiro atoms. The number of fused-ring (bicyclic) bond motifs is 1. The Morgan fingerprint density at radius 1 is 1.07 bits per heavy atom. The van der Waals surface area contributed by atoms with Crippen molar-refractivity contribution >= 4 is 0 Å². The van der Waals surface area contributed by atoms with Gasteiger partial charge in [-0.25, -0.2) is 0 Å². The first-order valence-electron chi connectivity index (χ1n) is 10.9. The van der Waals surface area contributed by atoms with Crippen LogP contribution in [-0.4, -0.2) is 47.0 Å². The summed E-state index contributed by atoms with van der Waals surface area (Å²) >= 11 is 0. The van der Waals surface area contributed by atoms with E-state index in [1.165, 1.54) is 30.7 Å². The molecule has 162 valence electrons. The maximum Gasteiger partial charge on any atom is 0.416 e. The van der Waals surface area contributed by atoms with Crippen LogP contribution in [0.1, 0.15) is 49.9 Å². The first kappa shape index (κ1) is 20.1. The van der Waals surface area contributed by atoms with Crippen LogP contribution in [0.2, 0.25) is 0 Å². The summed E-state index contributed by atoms with van der Waals surface area (Å²) in [6.45, 7) is 7.88. The molecular formula is C23H28F3N3O. The van der Waals surface area contributed by atoms with E-state index in [9.17, 15) is 13.2 Å². The zero-order valence-corrected chi connectivity index (χ0v) is 17.4. The molecule has 2 aliphatic carbocycles. The highest BCUT2D eigenvalue weighted by atomic mass is 19.4. The highest BCUT2D eigenvalue weighted by Gasteiger charge is 2.58. The highest BCUT2D eigenvalue weighted by Crippen LogP contribution is 2.64. The molecule has 5 rings (SSSR count). The third kappa shape index (κ3) is 3.56. The minimum Gasteiger partial charge on any atom is -0.379 e. The molecule has 4 nitrogen and oxygen atoms in total. The van der Waals surface area contributed by atoms with Gasteiger partial charge in [-0.3, -0.25) is 9.58 Å². The molecule has 2 heterocycles. The standard InChI is InChI=1S/C23H28F3N3O/c1-14(2)29-21(13-20(27-29)15-4-3-5-16(10-15)23(24,25)26)22-18-11-17(12-19(18)22)28-6-8-30-9-7-28/h3-5,10,13-14,17-19,22H,6-9,11-12H2,1-2H3/t17?,18-,19+,22?. The van der Waals surface area contributed by atoms with Crippen LogP contribution in [0, 0.1) is 11.8 Å². The van der Waals surface area contributed by atoms with Gasteiger partial charge in [-0.15, -0.1) is 0 Å². The van der Waals surface area contributed by atoms with Gasteiger partial charge in [0.2, 0.25) is 0 Å². The minimum atomic E-state index is -4.35. The van der Waals surface area contributed by atoms with E-state index in [0.717, 1.165) is 32.4 Å². The maximum atomic E-state index is 13.1. The zero-order valence-electron chi connectivity index (χ0n) is 17.4. The Morgan fingerprint density at radius 3 is 2.40 bits per heavy atom. The molecule has 3 fully saturated rings. The summed E-state index contributed by atoms with van der Waals surface area (Å²) < 4.78 is 46.9. The number of hydrogen-bond donors (Lipinski definition) is 0. The van der Waals surface area contributed by atoms with Crippen LogP contribution in [0.5, 0.6) is 0 Å². The highest BCUT2D eigenvalue weighted by molar-refractivity contribution is 5.61. The van der Waals surface area contributed by atoms with Crippen LogP contribution < -0.4 is 0 Å². The van der Waals surface area contributed by atoms with Gasteiger partial charge in [-0.2, -0.15) is 18.3 Å². The molecule has 0 bridgehead atoms. The van der Waals surface area contributed by atoms with Gasteiger partial charge < -0.3 is 4.74 Å². The second kappa shape index (κ2) is 7.38. The van der Waals surface area contributed by atoms with E-state index in [-0.39, 0.29) is 6.04 Å². The Kier molecular flexibility index (Phi) is 4.93. The summed E-state index contributed by atoms with van der Waals surface area (Å²) in [7, 11) is 0. The fourth-order valence-corrected chi connectivity index (χ4v) is 5.56. The van der Waals surface area contributed by atoms with Crippen molar-refractivity contribution in [1.82, 2.24) is 14.7 Å². The Balaban J connectivity index is 1.37. The van der Waals surface area contributed by atoms with Gasteiger partial charge in [0.15, 0.2) is 0 Å². The Hall–Kier alpha value is -1.86. The molecule has 3 aliphatic rings. The Morgan fingerprint density at radius 2 is 1.77 bits per heavy atom. The molecule has 4 atom stereocenters. The van der Waals surface area contributed by atoms with Gasteiger partial charge in [0, 0.05) is 42.3 Å². The molecule has 1 aliphatic heterocycles. The number of benzene rings is 1. The lowest BCUT2D eigenvalue weighted by atomic mass is 10.0. The summed E-state index contributed by atoms with van der Waals surface area (Å²) in [5.41, 5.74) is 1.73. The lowest BCUT2D eigenvalue weighted by Gasteiger charge is -2.33. The van der Waals surface area contributed by atoms with E-state index in [0.29, 0.717) is 35.1 Å². The molecule has 0 N–H and O–H groups in total. The Labute approximate surface area is 175 Å². The first-order valence-corrected chi connectivity index (χ1v) is 10.9. The molecule has 2 unspecified atom stereocenters. The van der Waals surface area contributed by atoms with Gasteiger partial charge in [0.05, 0.1) is 24.5 Å². The maximum absolute atomic E-state index is 13.1. The predicted octanol–water partition coefficient (Wildman–Crippen LogP) is 4.97. The average Bonchev–Trinajstić information content (AvgIpc) is 3.10. The van der Waals surface area contributed by atoms with Crippen LogP contribution >= 0.6 is 0 Å². The third-order valence-electron chi connectivity index (χ3n) is 7.06. The van der Waals surface area contributed by atoms with E-state index < -0.39 is 11.7 Å². The van der Waals surface area contributed by atoms with Crippen LogP contribution in [0.3, 0.4) is 0 Å². The SMILES string of the molecule is CC(C)n1nc(-c2cccc(C(F)(F)F)c2)cc1C1[C@H]2CC(N3CCOCC3)C[C@@H]12. The van der Waals surface area contributed by atoms with E-state index in [4.69, 9.17) is 9.84 Å². The normalized spacial score (nSPS) is 29.4. The molecule has 0 radical (unpaired) electrons. The van der Waals surface area contributed by atoms with Crippen molar-refractivity contribution in [2.45, 2.75) is 50.9 Å². The molecule has 1 saturated heterocycles. The van der Waals surface area contributed by atoms with Gasteiger partial charge in [-0.1, -0.05) is 12.1 Å². The number of halogens is 3. The van der Waals surface area contributed by atoms with Gasteiger partial charge in [0.25, 0.3) is 0 Å². The lowest BCUT2D eigenvalue weighted by molar-refractivity contribution is -0.137. The van der Waals surface area contributed by atoms with Gasteiger partial charge >= 0.3 is 6.18 Å². The van der Waals surface area contributed by atoms with Crippen LogP contribution in [0.15, 0.2) is 30.3 Å². The van der Waals surface area contributed by atoms with Crippen molar-refractivity contribution in [3.63, 3.8) is 0 Å². The molecule has 30 heavy (non-hydrogen) atoms. The van der Waals surface area contributed by atoms with Crippen molar-refractivity contribution in [3.8, 4) is 11.3 Å². The van der Waals surface area contributed by atoms with Crippen molar-refractivity contribution in [2.75, 3.05) is 26.3 Å².